The van der Waals surface area contributed by atoms with E-state index in [0.29, 0.717) is 17.7 Å². The largest absolute Gasteiger partial charge is 0.352 e. The molecule has 1 aromatic heterocycles. The summed E-state index contributed by atoms with van der Waals surface area (Å²) in [5.41, 5.74) is 0.395. The van der Waals surface area contributed by atoms with E-state index in [4.69, 9.17) is 5.26 Å². The van der Waals surface area contributed by atoms with Gasteiger partial charge in [0.2, 0.25) is 5.95 Å². The van der Waals surface area contributed by atoms with Gasteiger partial charge in [0.05, 0.1) is 0 Å². The van der Waals surface area contributed by atoms with Crippen LogP contribution in [0.3, 0.4) is 0 Å². The minimum atomic E-state index is 0.342. The molecule has 4 heteroatoms. The summed E-state index contributed by atoms with van der Waals surface area (Å²) < 4.78 is 0. The first-order valence-electron chi connectivity index (χ1n) is 4.76. The molecule has 0 aliphatic heterocycles. The van der Waals surface area contributed by atoms with Gasteiger partial charge in [-0.2, -0.15) is 5.26 Å². The molecule has 1 aromatic rings. The second-order valence-corrected chi connectivity index (χ2v) is 3.21. The second-order valence-electron chi connectivity index (χ2n) is 3.21. The highest BCUT2D eigenvalue weighted by Crippen LogP contribution is 2.04. The summed E-state index contributed by atoms with van der Waals surface area (Å²) in [5, 5.41) is 11.8. The van der Waals surface area contributed by atoms with Gasteiger partial charge in [0.1, 0.15) is 11.8 Å². The number of aromatic nitrogens is 2. The van der Waals surface area contributed by atoms with Crippen LogP contribution in [0.4, 0.5) is 5.95 Å². The van der Waals surface area contributed by atoms with E-state index in [1.54, 1.807) is 12.3 Å². The van der Waals surface area contributed by atoms with Gasteiger partial charge in [-0.3, -0.25) is 0 Å². The molecule has 4 nitrogen and oxygen atoms in total. The lowest BCUT2D eigenvalue weighted by atomic mass is 10.2. The van der Waals surface area contributed by atoms with E-state index in [2.05, 4.69) is 29.1 Å². The van der Waals surface area contributed by atoms with Crippen LogP contribution in [-0.4, -0.2) is 16.0 Å². The van der Waals surface area contributed by atoms with Crippen molar-refractivity contribution in [2.75, 3.05) is 5.32 Å². The summed E-state index contributed by atoms with van der Waals surface area (Å²) in [6, 6.07) is 3.92. The molecule has 0 spiro atoms. The van der Waals surface area contributed by atoms with Gasteiger partial charge in [-0.25, -0.2) is 9.97 Å². The maximum Gasteiger partial charge on any atom is 0.224 e. The predicted octanol–water partition coefficient (Wildman–Crippen LogP) is 1.95. The Balaban J connectivity index is 2.63. The predicted molar refractivity (Wildman–Crippen MR) is 54.7 cm³/mol. The van der Waals surface area contributed by atoms with Crippen molar-refractivity contribution in [3.8, 4) is 6.07 Å². The average molecular weight is 190 g/mol. The first kappa shape index (κ1) is 10.5. The standard InChI is InChI=1S/C10H14N4/c1-3-4-8(2)13-10-12-6-5-9(7-11)14-10/h5-6,8H,3-4H2,1-2H3,(H,12,13,14). The summed E-state index contributed by atoms with van der Waals surface area (Å²) in [6.45, 7) is 4.21. The third kappa shape index (κ3) is 3.02. The van der Waals surface area contributed by atoms with Crippen LogP contribution in [-0.2, 0) is 0 Å². The minimum Gasteiger partial charge on any atom is -0.352 e. The fourth-order valence-corrected chi connectivity index (χ4v) is 1.22. The van der Waals surface area contributed by atoms with E-state index in [1.165, 1.54) is 0 Å². The van der Waals surface area contributed by atoms with Crippen LogP contribution in [0.5, 0.6) is 0 Å². The number of hydrogen-bond acceptors (Lipinski definition) is 4. The minimum absolute atomic E-state index is 0.342. The van der Waals surface area contributed by atoms with E-state index in [1.807, 2.05) is 6.07 Å². The Morgan fingerprint density at radius 1 is 1.64 bits per heavy atom. The summed E-state index contributed by atoms with van der Waals surface area (Å²) in [5.74, 6) is 0.532. The normalized spacial score (nSPS) is 11.8. The molecule has 0 fully saturated rings. The van der Waals surface area contributed by atoms with Crippen LogP contribution in [0.25, 0.3) is 0 Å². The molecule has 0 aromatic carbocycles. The van der Waals surface area contributed by atoms with Gasteiger partial charge in [0.25, 0.3) is 0 Å². The lowest BCUT2D eigenvalue weighted by Crippen LogP contribution is -2.16. The fraction of sp³-hybridized carbons (Fsp3) is 0.500. The Bertz CT molecular complexity index is 329. The average Bonchev–Trinajstić information content (AvgIpc) is 2.18. The van der Waals surface area contributed by atoms with E-state index in [-0.39, 0.29) is 0 Å². The van der Waals surface area contributed by atoms with Crippen molar-refractivity contribution in [3.05, 3.63) is 18.0 Å². The topological polar surface area (TPSA) is 61.6 Å². The van der Waals surface area contributed by atoms with Gasteiger partial charge in [-0.05, 0) is 19.4 Å². The highest BCUT2D eigenvalue weighted by atomic mass is 15.1. The zero-order valence-corrected chi connectivity index (χ0v) is 8.49. The van der Waals surface area contributed by atoms with Gasteiger partial charge in [-0.15, -0.1) is 0 Å². The Morgan fingerprint density at radius 3 is 3.07 bits per heavy atom. The zero-order chi connectivity index (χ0) is 10.4. The maximum absolute atomic E-state index is 8.63. The molecule has 1 heterocycles. The molecule has 0 bridgehead atoms. The van der Waals surface area contributed by atoms with Crippen LogP contribution in [0, 0.1) is 11.3 Å². The zero-order valence-electron chi connectivity index (χ0n) is 8.49. The second kappa shape index (κ2) is 5.18. The molecule has 0 saturated heterocycles. The van der Waals surface area contributed by atoms with E-state index in [0.717, 1.165) is 12.8 Å². The highest BCUT2D eigenvalue weighted by Gasteiger charge is 2.02. The number of nitrogens with zero attached hydrogens (tertiary/aromatic N) is 3. The van der Waals surface area contributed by atoms with Crippen molar-refractivity contribution in [2.24, 2.45) is 0 Å². The van der Waals surface area contributed by atoms with Crippen LogP contribution >= 0.6 is 0 Å². The van der Waals surface area contributed by atoms with Crippen molar-refractivity contribution in [3.63, 3.8) is 0 Å². The number of hydrogen-bond donors (Lipinski definition) is 1. The smallest absolute Gasteiger partial charge is 0.224 e. The van der Waals surface area contributed by atoms with Gasteiger partial charge < -0.3 is 5.32 Å². The third-order valence-corrected chi connectivity index (χ3v) is 1.87. The molecule has 0 amide bonds. The molecule has 0 aliphatic carbocycles. The van der Waals surface area contributed by atoms with Crippen LogP contribution in [0.2, 0.25) is 0 Å². The Labute approximate surface area is 84.0 Å². The van der Waals surface area contributed by atoms with Gasteiger partial charge in [0.15, 0.2) is 0 Å². The van der Waals surface area contributed by atoms with E-state index < -0.39 is 0 Å². The van der Waals surface area contributed by atoms with Crippen molar-refractivity contribution < 1.29 is 0 Å². The molecule has 74 valence electrons. The molecule has 0 saturated carbocycles. The SMILES string of the molecule is CCCC(C)Nc1nccc(C#N)n1. The van der Waals surface area contributed by atoms with Crippen LogP contribution in [0.15, 0.2) is 12.3 Å². The molecular formula is C10H14N4. The quantitative estimate of drug-likeness (QED) is 0.788. The van der Waals surface area contributed by atoms with Gasteiger partial charge >= 0.3 is 0 Å². The van der Waals surface area contributed by atoms with Crippen molar-refractivity contribution in [1.82, 2.24) is 9.97 Å². The van der Waals surface area contributed by atoms with Crippen LogP contribution in [0.1, 0.15) is 32.4 Å². The van der Waals surface area contributed by atoms with E-state index in [9.17, 15) is 0 Å². The summed E-state index contributed by atoms with van der Waals surface area (Å²) in [6.07, 6.45) is 3.78. The fourth-order valence-electron chi connectivity index (χ4n) is 1.22. The molecular weight excluding hydrogens is 176 g/mol. The number of anilines is 1. The Morgan fingerprint density at radius 2 is 2.43 bits per heavy atom. The molecule has 0 aliphatic rings. The van der Waals surface area contributed by atoms with Gasteiger partial charge in [0, 0.05) is 12.2 Å². The molecule has 1 atom stereocenters. The van der Waals surface area contributed by atoms with Crippen molar-refractivity contribution >= 4 is 5.95 Å². The summed E-state index contributed by atoms with van der Waals surface area (Å²) >= 11 is 0. The first-order valence-corrected chi connectivity index (χ1v) is 4.76. The van der Waals surface area contributed by atoms with E-state index >= 15 is 0 Å². The van der Waals surface area contributed by atoms with Crippen molar-refractivity contribution in [1.29, 1.82) is 5.26 Å². The summed E-state index contributed by atoms with van der Waals surface area (Å²) in [4.78, 5) is 8.07. The number of nitriles is 1. The Kier molecular flexibility index (Phi) is 3.86. The molecule has 1 rings (SSSR count). The van der Waals surface area contributed by atoms with Gasteiger partial charge in [-0.1, -0.05) is 13.3 Å². The van der Waals surface area contributed by atoms with Crippen LogP contribution < -0.4 is 5.32 Å². The monoisotopic (exact) mass is 190 g/mol. The lowest BCUT2D eigenvalue weighted by Gasteiger charge is -2.11. The number of nitrogens with one attached hydrogen (secondary N) is 1. The first-order chi connectivity index (χ1) is 6.76. The maximum atomic E-state index is 8.63. The number of rotatable bonds is 4. The molecule has 14 heavy (non-hydrogen) atoms. The molecule has 1 N–H and O–H groups in total. The van der Waals surface area contributed by atoms with Crippen molar-refractivity contribution in [2.45, 2.75) is 32.7 Å². The summed E-state index contributed by atoms with van der Waals surface area (Å²) in [7, 11) is 0. The highest BCUT2D eigenvalue weighted by molar-refractivity contribution is 5.30. The lowest BCUT2D eigenvalue weighted by molar-refractivity contribution is 0.683. The molecule has 0 radical (unpaired) electrons. The third-order valence-electron chi connectivity index (χ3n) is 1.87. The Hall–Kier alpha value is -1.63. The molecule has 1 unspecified atom stereocenters.